The molecule has 0 aliphatic heterocycles. The number of amides is 2. The molecule has 1 aromatic carbocycles. The van der Waals surface area contributed by atoms with Crippen molar-refractivity contribution in [3.63, 3.8) is 0 Å². The van der Waals surface area contributed by atoms with Crippen molar-refractivity contribution in [1.82, 2.24) is 9.88 Å². The molecule has 0 radical (unpaired) electrons. The molecular formula is C19H21N3O4. The number of esters is 1. The number of carbonyl (C=O) groups is 3. The van der Waals surface area contributed by atoms with Crippen LogP contribution in [0.15, 0.2) is 48.8 Å². The molecule has 0 aliphatic rings. The predicted molar refractivity (Wildman–Crippen MR) is 96.8 cm³/mol. The van der Waals surface area contributed by atoms with Crippen molar-refractivity contribution in [2.24, 2.45) is 0 Å². The lowest BCUT2D eigenvalue weighted by Crippen LogP contribution is -2.30. The average molecular weight is 355 g/mol. The zero-order valence-electron chi connectivity index (χ0n) is 14.8. The highest BCUT2D eigenvalue weighted by Crippen LogP contribution is 2.12. The number of ether oxygens (including phenoxy) is 1. The Hall–Kier alpha value is -3.22. The largest absolute Gasteiger partial charge is 0.452 e. The van der Waals surface area contributed by atoms with Gasteiger partial charge in [0, 0.05) is 36.7 Å². The first-order valence-corrected chi connectivity index (χ1v) is 8.31. The predicted octanol–water partition coefficient (Wildman–Crippen LogP) is 2.36. The van der Waals surface area contributed by atoms with E-state index in [0.29, 0.717) is 29.9 Å². The first-order valence-electron chi connectivity index (χ1n) is 8.31. The van der Waals surface area contributed by atoms with Crippen molar-refractivity contribution in [2.45, 2.75) is 13.8 Å². The maximum atomic E-state index is 12.2. The monoisotopic (exact) mass is 355 g/mol. The van der Waals surface area contributed by atoms with Crippen molar-refractivity contribution in [3.8, 4) is 0 Å². The van der Waals surface area contributed by atoms with Gasteiger partial charge in [0.1, 0.15) is 0 Å². The van der Waals surface area contributed by atoms with Crippen LogP contribution in [0.4, 0.5) is 5.69 Å². The summed E-state index contributed by atoms with van der Waals surface area (Å²) in [5, 5.41) is 2.62. The van der Waals surface area contributed by atoms with Crippen molar-refractivity contribution in [3.05, 3.63) is 59.9 Å². The van der Waals surface area contributed by atoms with E-state index in [-0.39, 0.29) is 5.91 Å². The zero-order valence-corrected chi connectivity index (χ0v) is 14.8. The third kappa shape index (κ3) is 5.14. The molecule has 0 atom stereocenters. The SMILES string of the molecule is CCN(CC)C(=O)c1ccc(NC(=O)COC(=O)c2ccncc2)cc1. The first kappa shape index (κ1) is 19.1. The number of hydrogen-bond acceptors (Lipinski definition) is 5. The van der Waals surface area contributed by atoms with Gasteiger partial charge < -0.3 is 15.0 Å². The third-order valence-electron chi connectivity index (χ3n) is 3.72. The zero-order chi connectivity index (χ0) is 18.9. The van der Waals surface area contributed by atoms with Gasteiger partial charge in [-0.1, -0.05) is 0 Å². The molecule has 0 spiro atoms. The van der Waals surface area contributed by atoms with Crippen molar-refractivity contribution < 1.29 is 19.1 Å². The summed E-state index contributed by atoms with van der Waals surface area (Å²) in [5.74, 6) is -1.11. The molecule has 0 saturated heterocycles. The van der Waals surface area contributed by atoms with Crippen LogP contribution in [-0.4, -0.2) is 47.4 Å². The average Bonchev–Trinajstić information content (AvgIpc) is 2.68. The van der Waals surface area contributed by atoms with Crippen LogP contribution in [0.5, 0.6) is 0 Å². The lowest BCUT2D eigenvalue weighted by Gasteiger charge is -2.18. The Labute approximate surface area is 152 Å². The number of benzene rings is 1. The van der Waals surface area contributed by atoms with E-state index in [1.807, 2.05) is 13.8 Å². The molecule has 0 aliphatic carbocycles. The molecule has 0 saturated carbocycles. The minimum absolute atomic E-state index is 0.0563. The molecule has 0 bridgehead atoms. The minimum atomic E-state index is -0.595. The molecule has 1 N–H and O–H groups in total. The normalized spacial score (nSPS) is 10.1. The summed E-state index contributed by atoms with van der Waals surface area (Å²) in [7, 11) is 0. The highest BCUT2D eigenvalue weighted by Gasteiger charge is 2.13. The number of pyridine rings is 1. The molecule has 136 valence electrons. The van der Waals surface area contributed by atoms with Crippen LogP contribution < -0.4 is 5.32 Å². The Morgan fingerprint density at radius 3 is 2.15 bits per heavy atom. The van der Waals surface area contributed by atoms with Gasteiger partial charge in [-0.05, 0) is 50.2 Å². The smallest absolute Gasteiger partial charge is 0.338 e. The van der Waals surface area contributed by atoms with Crippen LogP contribution in [0.25, 0.3) is 0 Å². The van der Waals surface area contributed by atoms with E-state index in [1.165, 1.54) is 24.5 Å². The van der Waals surface area contributed by atoms with Crippen LogP contribution in [0.1, 0.15) is 34.6 Å². The fraction of sp³-hybridized carbons (Fsp3) is 0.263. The van der Waals surface area contributed by atoms with Crippen LogP contribution in [0, 0.1) is 0 Å². The number of nitrogens with zero attached hydrogens (tertiary/aromatic N) is 2. The number of anilines is 1. The van der Waals surface area contributed by atoms with Crippen molar-refractivity contribution >= 4 is 23.5 Å². The van der Waals surface area contributed by atoms with Gasteiger partial charge in [-0.15, -0.1) is 0 Å². The van der Waals surface area contributed by atoms with Gasteiger partial charge in [-0.25, -0.2) is 4.79 Å². The van der Waals surface area contributed by atoms with E-state index in [1.54, 1.807) is 29.2 Å². The van der Waals surface area contributed by atoms with Gasteiger partial charge in [0.15, 0.2) is 6.61 Å². The quantitative estimate of drug-likeness (QED) is 0.770. The molecule has 2 amide bonds. The Morgan fingerprint density at radius 1 is 0.962 bits per heavy atom. The second kappa shape index (κ2) is 9.31. The lowest BCUT2D eigenvalue weighted by atomic mass is 10.2. The van der Waals surface area contributed by atoms with Crippen LogP contribution in [0.2, 0.25) is 0 Å². The topological polar surface area (TPSA) is 88.6 Å². The fourth-order valence-corrected chi connectivity index (χ4v) is 2.29. The number of carbonyl (C=O) groups excluding carboxylic acids is 3. The van der Waals surface area contributed by atoms with E-state index in [9.17, 15) is 14.4 Å². The van der Waals surface area contributed by atoms with Crippen LogP contribution in [-0.2, 0) is 9.53 Å². The maximum absolute atomic E-state index is 12.2. The molecule has 0 fully saturated rings. The second-order valence-electron chi connectivity index (χ2n) is 5.41. The third-order valence-corrected chi connectivity index (χ3v) is 3.72. The molecule has 7 heteroatoms. The Kier molecular flexibility index (Phi) is 6.84. The van der Waals surface area contributed by atoms with E-state index in [0.717, 1.165) is 0 Å². The molecule has 0 unspecified atom stereocenters. The number of aromatic nitrogens is 1. The van der Waals surface area contributed by atoms with Gasteiger partial charge in [0.2, 0.25) is 0 Å². The molecule has 1 aromatic heterocycles. The van der Waals surface area contributed by atoms with E-state index < -0.39 is 18.5 Å². The summed E-state index contributed by atoms with van der Waals surface area (Å²) in [5.41, 5.74) is 1.40. The highest BCUT2D eigenvalue weighted by atomic mass is 16.5. The molecule has 7 nitrogen and oxygen atoms in total. The van der Waals surface area contributed by atoms with Gasteiger partial charge in [-0.3, -0.25) is 14.6 Å². The summed E-state index contributed by atoms with van der Waals surface area (Å²) in [4.78, 5) is 41.4. The van der Waals surface area contributed by atoms with Crippen LogP contribution >= 0.6 is 0 Å². The maximum Gasteiger partial charge on any atom is 0.338 e. The summed E-state index contributed by atoms with van der Waals surface area (Å²) in [6.45, 7) is 4.71. The Bertz CT molecular complexity index is 756. The van der Waals surface area contributed by atoms with Crippen LogP contribution in [0.3, 0.4) is 0 Å². The Morgan fingerprint density at radius 2 is 1.58 bits per heavy atom. The molecule has 2 aromatic rings. The van der Waals surface area contributed by atoms with Gasteiger partial charge in [0.05, 0.1) is 5.56 Å². The van der Waals surface area contributed by atoms with Gasteiger partial charge >= 0.3 is 5.97 Å². The molecule has 26 heavy (non-hydrogen) atoms. The van der Waals surface area contributed by atoms with Crippen molar-refractivity contribution in [1.29, 1.82) is 0 Å². The summed E-state index contributed by atoms with van der Waals surface area (Å²) >= 11 is 0. The molecule has 1 heterocycles. The molecule has 2 rings (SSSR count). The van der Waals surface area contributed by atoms with Gasteiger partial charge in [0.25, 0.3) is 11.8 Å². The number of hydrogen-bond donors (Lipinski definition) is 1. The molecular weight excluding hydrogens is 334 g/mol. The van der Waals surface area contributed by atoms with E-state index >= 15 is 0 Å². The van der Waals surface area contributed by atoms with E-state index in [2.05, 4.69) is 10.3 Å². The number of rotatable bonds is 7. The fourth-order valence-electron chi connectivity index (χ4n) is 2.29. The summed E-state index contributed by atoms with van der Waals surface area (Å²) in [6.07, 6.45) is 2.94. The second-order valence-corrected chi connectivity index (χ2v) is 5.41. The summed E-state index contributed by atoms with van der Waals surface area (Å²) in [6, 6.07) is 9.59. The lowest BCUT2D eigenvalue weighted by molar-refractivity contribution is -0.119. The van der Waals surface area contributed by atoms with Gasteiger partial charge in [-0.2, -0.15) is 0 Å². The Balaban J connectivity index is 1.87. The minimum Gasteiger partial charge on any atom is -0.452 e. The summed E-state index contributed by atoms with van der Waals surface area (Å²) < 4.78 is 4.95. The highest BCUT2D eigenvalue weighted by molar-refractivity contribution is 5.97. The number of nitrogens with one attached hydrogen (secondary N) is 1. The first-order chi connectivity index (χ1) is 12.5. The van der Waals surface area contributed by atoms with Crippen molar-refractivity contribution in [2.75, 3.05) is 25.0 Å². The standard InChI is InChI=1S/C19H21N3O4/c1-3-22(4-2)18(24)14-5-7-16(8-6-14)21-17(23)13-26-19(25)15-9-11-20-12-10-15/h5-12H,3-4,13H2,1-2H3,(H,21,23). The van der Waals surface area contributed by atoms with E-state index in [4.69, 9.17) is 4.74 Å².